The van der Waals surface area contributed by atoms with Gasteiger partial charge < -0.3 is 5.73 Å². The largest absolute Gasteiger partial charge is 0.350 e. The molecule has 0 aromatic heterocycles. The average Bonchev–Trinajstić information content (AvgIpc) is 2.16. The number of hydrazine groups is 1. The summed E-state index contributed by atoms with van der Waals surface area (Å²) in [5.74, 6) is 2.54. The van der Waals surface area contributed by atoms with Gasteiger partial charge in [-0.3, -0.25) is 10.2 Å². The molecule has 0 aromatic rings. The molecule has 1 fully saturated rings. The van der Waals surface area contributed by atoms with E-state index in [0.717, 1.165) is 24.3 Å². The van der Waals surface area contributed by atoms with Gasteiger partial charge in [0, 0.05) is 6.42 Å². The number of rotatable bonds is 2. The fraction of sp³-hybridized carbons (Fsp3) is 0.750. The highest BCUT2D eigenvalue weighted by atomic mass is 32.2. The lowest BCUT2D eigenvalue weighted by Gasteiger charge is -2.20. The Morgan fingerprint density at radius 3 is 2.50 bits per heavy atom. The number of nitrogens with one attached hydrogen (secondary N) is 2. The Bertz CT molecular complexity index is 217. The van der Waals surface area contributed by atoms with Crippen LogP contribution in [0, 0.1) is 5.92 Å². The van der Waals surface area contributed by atoms with Crippen molar-refractivity contribution >= 4 is 23.7 Å². The van der Waals surface area contributed by atoms with Crippen molar-refractivity contribution in [2.45, 2.75) is 19.3 Å². The smallest absolute Gasteiger partial charge is 0.330 e. The Morgan fingerprint density at radius 1 is 1.29 bits per heavy atom. The molecular weight excluding hydrogens is 202 g/mol. The maximum absolute atomic E-state index is 11.2. The summed E-state index contributed by atoms with van der Waals surface area (Å²) in [6, 6.07) is -0.738. The van der Waals surface area contributed by atoms with Crippen molar-refractivity contribution in [3.63, 3.8) is 0 Å². The van der Waals surface area contributed by atoms with Gasteiger partial charge in [0.2, 0.25) is 5.91 Å². The van der Waals surface area contributed by atoms with Crippen LogP contribution in [0.4, 0.5) is 4.79 Å². The quantitative estimate of drug-likeness (QED) is 0.578. The van der Waals surface area contributed by atoms with Crippen LogP contribution in [0.1, 0.15) is 19.3 Å². The fourth-order valence-corrected chi connectivity index (χ4v) is 2.60. The Morgan fingerprint density at radius 2 is 1.93 bits per heavy atom. The molecule has 5 nitrogen and oxygen atoms in total. The molecule has 0 atom stereocenters. The highest BCUT2D eigenvalue weighted by Gasteiger charge is 2.17. The summed E-state index contributed by atoms with van der Waals surface area (Å²) in [7, 11) is 0. The molecule has 14 heavy (non-hydrogen) atoms. The van der Waals surface area contributed by atoms with Crippen LogP contribution >= 0.6 is 11.8 Å². The first-order valence-corrected chi connectivity index (χ1v) is 5.76. The topological polar surface area (TPSA) is 84.2 Å². The van der Waals surface area contributed by atoms with E-state index in [9.17, 15) is 9.59 Å². The summed E-state index contributed by atoms with van der Waals surface area (Å²) in [6.45, 7) is 0. The number of amides is 3. The van der Waals surface area contributed by atoms with Gasteiger partial charge in [-0.1, -0.05) is 0 Å². The highest BCUT2D eigenvalue weighted by molar-refractivity contribution is 7.99. The van der Waals surface area contributed by atoms with Crippen molar-refractivity contribution in [2.24, 2.45) is 11.7 Å². The van der Waals surface area contributed by atoms with Gasteiger partial charge in [-0.2, -0.15) is 11.8 Å². The van der Waals surface area contributed by atoms with Crippen LogP contribution in [-0.4, -0.2) is 23.4 Å². The normalized spacial score (nSPS) is 17.4. The summed E-state index contributed by atoms with van der Waals surface area (Å²) < 4.78 is 0. The van der Waals surface area contributed by atoms with E-state index in [1.807, 2.05) is 11.8 Å². The number of hydrogen-bond donors (Lipinski definition) is 3. The zero-order chi connectivity index (χ0) is 10.4. The molecule has 0 unspecified atom stereocenters. The molecular formula is C8H15N3O2S. The molecule has 1 heterocycles. The van der Waals surface area contributed by atoms with Crippen LogP contribution in [0.15, 0.2) is 0 Å². The average molecular weight is 217 g/mol. The van der Waals surface area contributed by atoms with Gasteiger partial charge in [-0.15, -0.1) is 0 Å². The monoisotopic (exact) mass is 217 g/mol. The van der Waals surface area contributed by atoms with E-state index < -0.39 is 6.03 Å². The van der Waals surface area contributed by atoms with Crippen molar-refractivity contribution in [3.05, 3.63) is 0 Å². The van der Waals surface area contributed by atoms with Crippen LogP contribution in [0.5, 0.6) is 0 Å². The number of carbonyl (C=O) groups is 2. The number of urea groups is 1. The van der Waals surface area contributed by atoms with Gasteiger partial charge in [-0.25, -0.2) is 10.2 Å². The first kappa shape index (κ1) is 11.2. The summed E-state index contributed by atoms with van der Waals surface area (Å²) in [5.41, 5.74) is 9.13. The van der Waals surface area contributed by atoms with E-state index in [0.29, 0.717) is 12.3 Å². The van der Waals surface area contributed by atoms with Gasteiger partial charge in [0.25, 0.3) is 0 Å². The number of hydrogen-bond acceptors (Lipinski definition) is 3. The van der Waals surface area contributed by atoms with Crippen molar-refractivity contribution in [3.8, 4) is 0 Å². The highest BCUT2D eigenvalue weighted by Crippen LogP contribution is 2.24. The second-order valence-corrected chi connectivity index (χ2v) is 4.52. The Kier molecular flexibility index (Phi) is 4.58. The number of thioether (sulfide) groups is 1. The summed E-state index contributed by atoms with van der Waals surface area (Å²) in [4.78, 5) is 21.5. The Balaban J connectivity index is 2.15. The minimum Gasteiger partial charge on any atom is -0.350 e. The van der Waals surface area contributed by atoms with Gasteiger partial charge in [-0.05, 0) is 30.3 Å². The van der Waals surface area contributed by atoms with Crippen molar-refractivity contribution in [1.82, 2.24) is 10.9 Å². The second kappa shape index (κ2) is 5.74. The van der Waals surface area contributed by atoms with Gasteiger partial charge in [0.05, 0.1) is 0 Å². The minimum absolute atomic E-state index is 0.166. The molecule has 1 rings (SSSR count). The van der Waals surface area contributed by atoms with E-state index >= 15 is 0 Å². The third-order valence-electron chi connectivity index (χ3n) is 2.14. The molecule has 4 N–H and O–H groups in total. The van der Waals surface area contributed by atoms with Crippen LogP contribution < -0.4 is 16.6 Å². The zero-order valence-electron chi connectivity index (χ0n) is 7.91. The molecule has 0 bridgehead atoms. The first-order chi connectivity index (χ1) is 6.68. The van der Waals surface area contributed by atoms with E-state index in [-0.39, 0.29) is 5.91 Å². The molecule has 80 valence electrons. The van der Waals surface area contributed by atoms with Crippen molar-refractivity contribution < 1.29 is 9.59 Å². The summed E-state index contributed by atoms with van der Waals surface area (Å²) in [6.07, 6.45) is 2.63. The van der Waals surface area contributed by atoms with E-state index in [1.165, 1.54) is 0 Å². The first-order valence-electron chi connectivity index (χ1n) is 4.60. The molecule has 1 aliphatic rings. The summed E-state index contributed by atoms with van der Waals surface area (Å²) >= 11 is 1.92. The van der Waals surface area contributed by atoms with E-state index in [4.69, 9.17) is 5.73 Å². The molecule has 0 radical (unpaired) electrons. The maximum Gasteiger partial charge on any atom is 0.330 e. The van der Waals surface area contributed by atoms with Crippen molar-refractivity contribution in [2.75, 3.05) is 11.5 Å². The number of carbonyl (C=O) groups excluding carboxylic acids is 2. The summed E-state index contributed by atoms with van der Waals surface area (Å²) in [5, 5.41) is 0. The van der Waals surface area contributed by atoms with Crippen LogP contribution in [0.2, 0.25) is 0 Å². The molecule has 3 amide bonds. The van der Waals surface area contributed by atoms with Crippen molar-refractivity contribution in [1.29, 1.82) is 0 Å². The molecule has 1 aliphatic heterocycles. The molecule has 1 saturated heterocycles. The Hall–Kier alpha value is -0.910. The standard InChI is InChI=1S/C8H15N3O2S/c9-8(13)11-10-7(12)5-6-1-3-14-4-2-6/h6H,1-5H2,(H,10,12)(H3,9,11,13). The molecule has 0 aromatic carbocycles. The zero-order valence-corrected chi connectivity index (χ0v) is 8.73. The van der Waals surface area contributed by atoms with Crippen LogP contribution in [0.25, 0.3) is 0 Å². The number of primary amides is 1. The minimum atomic E-state index is -0.738. The van der Waals surface area contributed by atoms with Gasteiger partial charge in [0.15, 0.2) is 0 Å². The maximum atomic E-state index is 11.2. The third-order valence-corrected chi connectivity index (χ3v) is 3.19. The van der Waals surface area contributed by atoms with Crippen LogP contribution in [0.3, 0.4) is 0 Å². The van der Waals surface area contributed by atoms with Crippen LogP contribution in [-0.2, 0) is 4.79 Å². The lowest BCUT2D eigenvalue weighted by Crippen LogP contribution is -2.45. The molecule has 0 spiro atoms. The molecule has 0 saturated carbocycles. The molecule has 0 aliphatic carbocycles. The molecule has 6 heteroatoms. The third kappa shape index (κ3) is 4.36. The van der Waals surface area contributed by atoms with E-state index in [1.54, 1.807) is 0 Å². The SMILES string of the molecule is NC(=O)NNC(=O)CC1CCSCC1. The second-order valence-electron chi connectivity index (χ2n) is 3.30. The Labute approximate surface area is 87.1 Å². The predicted molar refractivity (Wildman–Crippen MR) is 55.5 cm³/mol. The van der Waals surface area contributed by atoms with E-state index in [2.05, 4.69) is 10.9 Å². The van der Waals surface area contributed by atoms with Gasteiger partial charge >= 0.3 is 6.03 Å². The lowest BCUT2D eigenvalue weighted by atomic mass is 9.99. The lowest BCUT2D eigenvalue weighted by molar-refractivity contribution is -0.122. The fourth-order valence-electron chi connectivity index (χ4n) is 1.40. The number of nitrogens with two attached hydrogens (primary N) is 1. The van der Waals surface area contributed by atoms with Gasteiger partial charge in [0.1, 0.15) is 0 Å². The predicted octanol–water partition coefficient (Wildman–Crippen LogP) is 0.219.